The third-order valence-electron chi connectivity index (χ3n) is 5.43. The molecule has 1 aliphatic heterocycles. The van der Waals surface area contributed by atoms with Crippen molar-refractivity contribution < 1.29 is 23.8 Å². The molecule has 32 heavy (non-hydrogen) atoms. The number of hydrogen-bond acceptors (Lipinski definition) is 5. The molecule has 0 amide bonds. The van der Waals surface area contributed by atoms with E-state index in [0.717, 1.165) is 22.3 Å². The van der Waals surface area contributed by atoms with Crippen LogP contribution in [0, 0.1) is 12.8 Å². The lowest BCUT2D eigenvalue weighted by atomic mass is 9.79. The fourth-order valence-electron chi connectivity index (χ4n) is 4.02. The first-order chi connectivity index (χ1) is 15.3. The molecule has 1 saturated heterocycles. The molecule has 1 atom stereocenters. The zero-order chi connectivity index (χ0) is 22.7. The van der Waals surface area contributed by atoms with E-state index < -0.39 is 29.6 Å². The summed E-state index contributed by atoms with van der Waals surface area (Å²) >= 11 is 0. The minimum Gasteiger partial charge on any atom is -0.489 e. The molecule has 0 aliphatic carbocycles. The number of para-hydroxylation sites is 1. The quantitative estimate of drug-likeness (QED) is 0.399. The molecule has 1 heterocycles. The monoisotopic (exact) mass is 430 g/mol. The van der Waals surface area contributed by atoms with Gasteiger partial charge in [-0.1, -0.05) is 78.4 Å². The van der Waals surface area contributed by atoms with Gasteiger partial charge in [0.15, 0.2) is 5.92 Å². The highest BCUT2D eigenvalue weighted by Gasteiger charge is 2.48. The Balaban J connectivity index is 1.76. The molecule has 0 bridgehead atoms. The van der Waals surface area contributed by atoms with Crippen LogP contribution in [-0.2, 0) is 25.7 Å². The highest BCUT2D eigenvalue weighted by Crippen LogP contribution is 2.41. The van der Waals surface area contributed by atoms with Crippen LogP contribution in [0.1, 0.15) is 42.0 Å². The van der Waals surface area contributed by atoms with Crippen molar-refractivity contribution in [3.63, 3.8) is 0 Å². The van der Waals surface area contributed by atoms with Gasteiger partial charge >= 0.3 is 11.9 Å². The van der Waals surface area contributed by atoms with E-state index in [9.17, 15) is 9.59 Å². The van der Waals surface area contributed by atoms with Gasteiger partial charge < -0.3 is 14.2 Å². The minimum atomic E-state index is -1.29. The molecule has 3 aromatic carbocycles. The highest BCUT2D eigenvalue weighted by atomic mass is 16.7. The van der Waals surface area contributed by atoms with E-state index >= 15 is 0 Å². The highest BCUT2D eigenvalue weighted by molar-refractivity contribution is 5.98. The Bertz CT molecular complexity index is 1100. The van der Waals surface area contributed by atoms with E-state index in [-0.39, 0.29) is 0 Å². The third-order valence-corrected chi connectivity index (χ3v) is 5.43. The maximum Gasteiger partial charge on any atom is 0.324 e. The summed E-state index contributed by atoms with van der Waals surface area (Å²) in [5, 5.41) is 0. The maximum atomic E-state index is 13.0. The van der Waals surface area contributed by atoms with Crippen molar-refractivity contribution in [2.24, 2.45) is 5.92 Å². The molecule has 0 spiro atoms. The average Bonchev–Trinajstić information content (AvgIpc) is 2.75. The third kappa shape index (κ3) is 4.67. The molecule has 4 rings (SSSR count). The summed E-state index contributed by atoms with van der Waals surface area (Å²) < 4.78 is 17.1. The first kappa shape index (κ1) is 21.6. The molecule has 1 unspecified atom stereocenters. The van der Waals surface area contributed by atoms with Crippen molar-refractivity contribution >= 4 is 11.9 Å². The number of aryl methyl sites for hydroxylation is 1. The number of ether oxygens (including phenoxy) is 3. The van der Waals surface area contributed by atoms with Gasteiger partial charge in [-0.3, -0.25) is 9.59 Å². The van der Waals surface area contributed by atoms with Gasteiger partial charge in [-0.05, 0) is 24.1 Å². The van der Waals surface area contributed by atoms with Gasteiger partial charge in [-0.25, -0.2) is 0 Å². The van der Waals surface area contributed by atoms with E-state index in [1.807, 2.05) is 85.8 Å². The van der Waals surface area contributed by atoms with Gasteiger partial charge in [0.2, 0.25) is 0 Å². The van der Waals surface area contributed by atoms with E-state index in [4.69, 9.17) is 14.2 Å². The van der Waals surface area contributed by atoms with Crippen LogP contribution >= 0.6 is 0 Å². The topological polar surface area (TPSA) is 61.8 Å². The van der Waals surface area contributed by atoms with Gasteiger partial charge in [0.25, 0.3) is 5.79 Å². The maximum absolute atomic E-state index is 13.0. The van der Waals surface area contributed by atoms with Crippen LogP contribution in [0.2, 0.25) is 0 Å². The van der Waals surface area contributed by atoms with E-state index in [1.54, 1.807) is 13.8 Å². The number of carbonyl (C=O) groups excluding carboxylic acids is 2. The normalized spacial score (nSPS) is 16.7. The van der Waals surface area contributed by atoms with Gasteiger partial charge in [-0.15, -0.1) is 0 Å². The number of hydrogen-bond donors (Lipinski definition) is 0. The number of benzene rings is 3. The zero-order valence-electron chi connectivity index (χ0n) is 18.4. The predicted molar refractivity (Wildman–Crippen MR) is 120 cm³/mol. The molecule has 3 aromatic rings. The summed E-state index contributed by atoms with van der Waals surface area (Å²) in [6.07, 6.45) is 0. The summed E-state index contributed by atoms with van der Waals surface area (Å²) in [5.41, 5.74) is 3.59. The van der Waals surface area contributed by atoms with Gasteiger partial charge in [-0.2, -0.15) is 0 Å². The standard InChI is InChI=1S/C27H26O5/c1-18-10-9-13-20(16-18)23(24-25(28)31-27(2,3)32-26(24)29)21-14-7-8-15-22(21)30-17-19-11-5-4-6-12-19/h4-16,23-24H,17H2,1-3H3. The number of esters is 2. The van der Waals surface area contributed by atoms with Crippen LogP contribution in [0.4, 0.5) is 0 Å². The molecular weight excluding hydrogens is 404 g/mol. The van der Waals surface area contributed by atoms with E-state index in [1.165, 1.54) is 0 Å². The van der Waals surface area contributed by atoms with Crippen LogP contribution < -0.4 is 4.74 Å². The summed E-state index contributed by atoms with van der Waals surface area (Å²) in [6.45, 7) is 5.44. The fourth-order valence-corrected chi connectivity index (χ4v) is 4.02. The van der Waals surface area contributed by atoms with Crippen molar-refractivity contribution in [2.75, 3.05) is 0 Å². The van der Waals surface area contributed by atoms with Gasteiger partial charge in [0.05, 0.1) is 0 Å². The second-order valence-electron chi connectivity index (χ2n) is 8.42. The Kier molecular flexibility index (Phi) is 5.99. The van der Waals surface area contributed by atoms with Gasteiger partial charge in [0.1, 0.15) is 12.4 Å². The van der Waals surface area contributed by atoms with Crippen molar-refractivity contribution in [3.05, 3.63) is 101 Å². The van der Waals surface area contributed by atoms with E-state index in [2.05, 4.69) is 0 Å². The van der Waals surface area contributed by atoms with Crippen molar-refractivity contribution in [3.8, 4) is 5.75 Å². The summed E-state index contributed by atoms with van der Waals surface area (Å²) in [4.78, 5) is 26.0. The first-order valence-corrected chi connectivity index (χ1v) is 10.6. The van der Waals surface area contributed by atoms with Crippen molar-refractivity contribution in [1.29, 1.82) is 0 Å². The zero-order valence-corrected chi connectivity index (χ0v) is 18.4. The van der Waals surface area contributed by atoms with Crippen LogP contribution in [0.5, 0.6) is 5.75 Å². The summed E-state index contributed by atoms with van der Waals surface area (Å²) in [7, 11) is 0. The molecule has 0 radical (unpaired) electrons. The molecular formula is C27H26O5. The lowest BCUT2D eigenvalue weighted by Crippen LogP contribution is -2.48. The lowest BCUT2D eigenvalue weighted by Gasteiger charge is -2.36. The molecule has 5 heteroatoms. The largest absolute Gasteiger partial charge is 0.489 e. The number of cyclic esters (lactones) is 2. The SMILES string of the molecule is Cc1cccc(C(c2ccccc2OCc2ccccc2)C2C(=O)OC(C)(C)OC2=O)c1. The Morgan fingerprint density at radius 1 is 0.875 bits per heavy atom. The van der Waals surface area contributed by atoms with Crippen LogP contribution in [0.25, 0.3) is 0 Å². The number of rotatable bonds is 6. The minimum absolute atomic E-state index is 0.366. The van der Waals surface area contributed by atoms with Crippen molar-refractivity contribution in [1.82, 2.24) is 0 Å². The van der Waals surface area contributed by atoms with Gasteiger partial charge in [0, 0.05) is 25.3 Å². The molecule has 164 valence electrons. The average molecular weight is 431 g/mol. The Morgan fingerprint density at radius 3 is 2.22 bits per heavy atom. The predicted octanol–water partition coefficient (Wildman–Crippen LogP) is 5.16. The summed E-state index contributed by atoms with van der Waals surface area (Å²) in [5.74, 6) is -3.63. The molecule has 5 nitrogen and oxygen atoms in total. The van der Waals surface area contributed by atoms with Crippen LogP contribution in [0.3, 0.4) is 0 Å². The van der Waals surface area contributed by atoms with Crippen LogP contribution in [-0.4, -0.2) is 17.7 Å². The Morgan fingerprint density at radius 2 is 1.53 bits per heavy atom. The fraction of sp³-hybridized carbons (Fsp3) is 0.259. The molecule has 0 saturated carbocycles. The Hall–Kier alpha value is -3.60. The smallest absolute Gasteiger partial charge is 0.324 e. The molecule has 0 N–H and O–H groups in total. The van der Waals surface area contributed by atoms with Crippen molar-refractivity contribution in [2.45, 2.75) is 39.1 Å². The van der Waals surface area contributed by atoms with Crippen LogP contribution in [0.15, 0.2) is 78.9 Å². The second kappa shape index (κ2) is 8.87. The second-order valence-corrected chi connectivity index (χ2v) is 8.42. The molecule has 1 fully saturated rings. The molecule has 0 aromatic heterocycles. The Labute approximate surface area is 187 Å². The number of carbonyl (C=O) groups is 2. The molecule has 1 aliphatic rings. The first-order valence-electron chi connectivity index (χ1n) is 10.6. The summed E-state index contributed by atoms with van der Waals surface area (Å²) in [6, 6.07) is 25.1. The van der Waals surface area contributed by atoms with E-state index in [0.29, 0.717) is 12.4 Å². The lowest BCUT2D eigenvalue weighted by molar-refractivity contribution is -0.240.